The summed E-state index contributed by atoms with van der Waals surface area (Å²) < 4.78 is 10.6. The van der Waals surface area contributed by atoms with Crippen molar-refractivity contribution in [3.63, 3.8) is 0 Å². The molecule has 0 radical (unpaired) electrons. The van der Waals surface area contributed by atoms with Gasteiger partial charge in [0.1, 0.15) is 5.92 Å². The number of nitrogens with one attached hydrogen (secondary N) is 1. The lowest BCUT2D eigenvalue weighted by molar-refractivity contribution is -0.153. The van der Waals surface area contributed by atoms with Crippen LogP contribution in [0.15, 0.2) is 40.1 Å². The SMILES string of the molecule is CCCC1=C(C(=O)OCC)C(c2cccs2)C2=C(CC(C)C(C(=O)OCC)C2=O)N1. The fourth-order valence-corrected chi connectivity index (χ4v) is 5.18. The maximum atomic E-state index is 13.6. The van der Waals surface area contributed by atoms with Crippen molar-refractivity contribution in [3.8, 4) is 0 Å². The number of rotatable bonds is 7. The van der Waals surface area contributed by atoms with E-state index in [1.807, 2.05) is 31.4 Å². The first kappa shape index (κ1) is 22.3. The van der Waals surface area contributed by atoms with Gasteiger partial charge in [-0.15, -0.1) is 11.3 Å². The van der Waals surface area contributed by atoms with Gasteiger partial charge in [-0.1, -0.05) is 26.3 Å². The van der Waals surface area contributed by atoms with Gasteiger partial charge >= 0.3 is 11.9 Å². The summed E-state index contributed by atoms with van der Waals surface area (Å²) in [5, 5.41) is 5.31. The first-order valence-corrected chi connectivity index (χ1v) is 11.5. The molecule has 3 rings (SSSR count). The summed E-state index contributed by atoms with van der Waals surface area (Å²) in [6.07, 6.45) is 2.08. The van der Waals surface area contributed by atoms with Crippen LogP contribution < -0.4 is 5.32 Å². The third-order valence-electron chi connectivity index (χ3n) is 5.54. The zero-order valence-corrected chi connectivity index (χ0v) is 18.8. The molecular formula is C23H29NO5S. The van der Waals surface area contributed by atoms with Crippen LogP contribution in [0.2, 0.25) is 0 Å². The molecule has 0 spiro atoms. The molecule has 0 amide bonds. The quantitative estimate of drug-likeness (QED) is 0.517. The number of dihydropyridines is 1. The molecule has 0 bridgehead atoms. The highest BCUT2D eigenvalue weighted by atomic mass is 32.1. The van der Waals surface area contributed by atoms with Gasteiger partial charge in [-0.05, 0) is 44.1 Å². The van der Waals surface area contributed by atoms with Crippen LogP contribution in [-0.4, -0.2) is 30.9 Å². The molecule has 1 aromatic rings. The van der Waals surface area contributed by atoms with E-state index in [4.69, 9.17) is 9.47 Å². The Balaban J connectivity index is 2.15. The molecule has 7 heteroatoms. The summed E-state index contributed by atoms with van der Waals surface area (Å²) in [6.45, 7) is 7.92. The summed E-state index contributed by atoms with van der Waals surface area (Å²) in [4.78, 5) is 40.1. The highest BCUT2D eigenvalue weighted by Gasteiger charge is 2.47. The van der Waals surface area contributed by atoms with Crippen molar-refractivity contribution >= 4 is 29.1 Å². The minimum absolute atomic E-state index is 0.182. The van der Waals surface area contributed by atoms with E-state index in [1.165, 1.54) is 11.3 Å². The molecule has 0 saturated heterocycles. The van der Waals surface area contributed by atoms with Crippen LogP contribution in [0.1, 0.15) is 57.8 Å². The molecule has 0 fully saturated rings. The van der Waals surface area contributed by atoms with Crippen molar-refractivity contribution in [1.82, 2.24) is 5.32 Å². The van der Waals surface area contributed by atoms with Gasteiger partial charge in [-0.25, -0.2) is 4.79 Å². The minimum atomic E-state index is -0.857. The Labute approximate surface area is 181 Å². The Kier molecular flexibility index (Phi) is 7.13. The van der Waals surface area contributed by atoms with Crippen LogP contribution in [0.25, 0.3) is 0 Å². The molecule has 1 N–H and O–H groups in total. The lowest BCUT2D eigenvalue weighted by atomic mass is 9.70. The van der Waals surface area contributed by atoms with Gasteiger partial charge in [-0.3, -0.25) is 9.59 Å². The number of carbonyl (C=O) groups excluding carboxylic acids is 3. The highest BCUT2D eigenvalue weighted by Crippen LogP contribution is 2.47. The predicted octanol–water partition coefficient (Wildman–Crippen LogP) is 4.09. The van der Waals surface area contributed by atoms with Gasteiger partial charge < -0.3 is 14.8 Å². The number of ketones is 1. The number of allylic oxidation sites excluding steroid dienone is 3. The van der Waals surface area contributed by atoms with Gasteiger partial charge in [0.2, 0.25) is 0 Å². The van der Waals surface area contributed by atoms with E-state index in [9.17, 15) is 14.4 Å². The van der Waals surface area contributed by atoms with Crippen molar-refractivity contribution in [2.75, 3.05) is 13.2 Å². The second-order valence-electron chi connectivity index (χ2n) is 7.60. The fraction of sp³-hybridized carbons (Fsp3) is 0.522. The van der Waals surface area contributed by atoms with E-state index in [0.717, 1.165) is 22.7 Å². The molecule has 6 nitrogen and oxygen atoms in total. The third-order valence-corrected chi connectivity index (χ3v) is 6.47. The molecule has 1 aliphatic carbocycles. The largest absolute Gasteiger partial charge is 0.465 e. The summed E-state index contributed by atoms with van der Waals surface area (Å²) in [6, 6.07) is 3.84. The van der Waals surface area contributed by atoms with Crippen LogP contribution in [0.3, 0.4) is 0 Å². The van der Waals surface area contributed by atoms with Crippen LogP contribution in [0, 0.1) is 11.8 Å². The van der Waals surface area contributed by atoms with Gasteiger partial charge in [0.25, 0.3) is 0 Å². The molecule has 1 aromatic heterocycles. The molecule has 0 aromatic carbocycles. The monoisotopic (exact) mass is 431 g/mol. The van der Waals surface area contributed by atoms with E-state index in [1.54, 1.807) is 13.8 Å². The Hall–Kier alpha value is -2.41. The number of hydrogen-bond donors (Lipinski definition) is 1. The smallest absolute Gasteiger partial charge is 0.336 e. The molecule has 3 unspecified atom stereocenters. The van der Waals surface area contributed by atoms with Gasteiger partial charge in [0.15, 0.2) is 5.78 Å². The second kappa shape index (κ2) is 9.60. The number of hydrogen-bond acceptors (Lipinski definition) is 7. The lowest BCUT2D eigenvalue weighted by Gasteiger charge is -2.38. The Bertz CT molecular complexity index is 883. The topological polar surface area (TPSA) is 81.7 Å². The van der Waals surface area contributed by atoms with E-state index in [2.05, 4.69) is 5.32 Å². The molecule has 2 aliphatic rings. The van der Waals surface area contributed by atoms with E-state index >= 15 is 0 Å². The average molecular weight is 432 g/mol. The average Bonchev–Trinajstić information content (AvgIpc) is 3.22. The molecule has 30 heavy (non-hydrogen) atoms. The number of carbonyl (C=O) groups is 3. The number of thiophene rings is 1. The predicted molar refractivity (Wildman–Crippen MR) is 115 cm³/mol. The van der Waals surface area contributed by atoms with Gasteiger partial charge in [0, 0.05) is 21.8 Å². The van der Waals surface area contributed by atoms with Crippen LogP contribution in [0.5, 0.6) is 0 Å². The van der Waals surface area contributed by atoms with Crippen molar-refractivity contribution in [2.45, 2.75) is 52.9 Å². The Morgan fingerprint density at radius 1 is 1.20 bits per heavy atom. The summed E-state index contributed by atoms with van der Waals surface area (Å²) in [5.74, 6) is -2.74. The zero-order chi connectivity index (χ0) is 21.8. The molecule has 3 atom stereocenters. The summed E-state index contributed by atoms with van der Waals surface area (Å²) in [5.41, 5.74) is 2.59. The number of esters is 2. The number of ether oxygens (including phenoxy) is 2. The van der Waals surface area contributed by atoms with Crippen molar-refractivity contribution in [1.29, 1.82) is 0 Å². The van der Waals surface area contributed by atoms with E-state index in [0.29, 0.717) is 24.0 Å². The van der Waals surface area contributed by atoms with Gasteiger partial charge in [-0.2, -0.15) is 0 Å². The molecule has 162 valence electrons. The normalized spacial score (nSPS) is 23.7. The Morgan fingerprint density at radius 2 is 1.93 bits per heavy atom. The summed E-state index contributed by atoms with van der Waals surface area (Å²) in [7, 11) is 0. The fourth-order valence-electron chi connectivity index (χ4n) is 4.34. The van der Waals surface area contributed by atoms with Crippen molar-refractivity contribution in [3.05, 3.63) is 44.9 Å². The maximum Gasteiger partial charge on any atom is 0.336 e. The minimum Gasteiger partial charge on any atom is -0.465 e. The maximum absolute atomic E-state index is 13.6. The van der Waals surface area contributed by atoms with Crippen molar-refractivity contribution in [2.24, 2.45) is 11.8 Å². The van der Waals surface area contributed by atoms with Crippen molar-refractivity contribution < 1.29 is 23.9 Å². The van der Waals surface area contributed by atoms with Gasteiger partial charge in [0.05, 0.1) is 24.7 Å². The number of Topliss-reactive ketones (excluding diaryl/α,β-unsaturated/α-hetero) is 1. The molecule has 2 heterocycles. The van der Waals surface area contributed by atoms with Crippen LogP contribution in [-0.2, 0) is 23.9 Å². The molecule has 0 saturated carbocycles. The Morgan fingerprint density at radius 3 is 2.53 bits per heavy atom. The molecular weight excluding hydrogens is 402 g/mol. The highest BCUT2D eigenvalue weighted by molar-refractivity contribution is 7.10. The molecule has 1 aliphatic heterocycles. The standard InChI is InChI=1S/C23H29NO5S/c1-5-9-14-19(23(27)29-7-3)20(16-10-8-11-30-16)18-15(24-14)12-13(4)17(21(18)25)22(26)28-6-2/h8,10-11,13,17,20,24H,5-7,9,12H2,1-4H3. The summed E-state index contributed by atoms with van der Waals surface area (Å²) >= 11 is 1.49. The first-order valence-electron chi connectivity index (χ1n) is 10.6. The third kappa shape index (κ3) is 4.08. The zero-order valence-electron chi connectivity index (χ0n) is 17.9. The first-order chi connectivity index (χ1) is 14.4. The lowest BCUT2D eigenvalue weighted by Crippen LogP contribution is -2.43. The van der Waals surface area contributed by atoms with E-state index < -0.39 is 23.8 Å². The van der Waals surface area contributed by atoms with Crippen LogP contribution >= 0.6 is 11.3 Å². The van der Waals surface area contributed by atoms with E-state index in [-0.39, 0.29) is 24.9 Å². The second-order valence-corrected chi connectivity index (χ2v) is 8.58. The van der Waals surface area contributed by atoms with Crippen LogP contribution in [0.4, 0.5) is 0 Å².